The highest BCUT2D eigenvalue weighted by Crippen LogP contribution is 2.37. The molecule has 2 aromatic carbocycles. The van der Waals surface area contributed by atoms with Crippen molar-refractivity contribution in [3.05, 3.63) is 48.5 Å². The van der Waals surface area contributed by atoms with Crippen molar-refractivity contribution in [1.29, 1.82) is 0 Å². The molecule has 3 aromatic rings. The van der Waals surface area contributed by atoms with Gasteiger partial charge in [-0.05, 0) is 54.2 Å². The van der Waals surface area contributed by atoms with E-state index in [1.165, 1.54) is 4.31 Å². The maximum absolute atomic E-state index is 13.3. The summed E-state index contributed by atoms with van der Waals surface area (Å²) in [6.45, 7) is 1.44. The number of benzene rings is 2. The topological polar surface area (TPSA) is 121 Å². The fourth-order valence-electron chi connectivity index (χ4n) is 4.96. The van der Waals surface area contributed by atoms with Gasteiger partial charge in [-0.2, -0.15) is 9.52 Å². The van der Waals surface area contributed by atoms with E-state index in [0.717, 1.165) is 29.5 Å². The lowest BCUT2D eigenvalue weighted by molar-refractivity contribution is -0.170. The van der Waals surface area contributed by atoms with Gasteiger partial charge in [0.25, 0.3) is 0 Å². The fraction of sp³-hybridized carbons (Fsp3) is 0.417. The third-order valence-electron chi connectivity index (χ3n) is 7.22. The van der Waals surface area contributed by atoms with Gasteiger partial charge in [-0.25, -0.2) is 8.42 Å². The Labute approximate surface area is 203 Å². The van der Waals surface area contributed by atoms with E-state index in [1.807, 2.05) is 41.3 Å². The molecule has 1 amide bonds. The molecule has 3 heterocycles. The van der Waals surface area contributed by atoms with Crippen LogP contribution in [0.3, 0.4) is 0 Å². The number of piperidine rings is 1. The number of hydrogen-bond donors (Lipinski definition) is 1. The summed E-state index contributed by atoms with van der Waals surface area (Å²) in [4.78, 5) is 14.4. The molecule has 11 heteroatoms. The number of ether oxygens (including phenoxy) is 1. The Hall–Kier alpha value is -3.15. The van der Waals surface area contributed by atoms with Crippen molar-refractivity contribution in [2.75, 3.05) is 26.2 Å². The number of nitrogens with zero attached hydrogens (tertiary/aromatic N) is 5. The molecule has 182 valence electrons. The number of hydrogen-bond acceptors (Lipinski definition) is 7. The number of tetrazole rings is 1. The van der Waals surface area contributed by atoms with E-state index in [2.05, 4.69) is 20.6 Å². The SMILES string of the molecule is O=C1COC2(CCN(S(=O)(=O)c3ccc(-c4ccc(-c5nn[nH]n5)cc4)cc3)CC2)CN1C1CC1. The van der Waals surface area contributed by atoms with Crippen molar-refractivity contribution >= 4 is 15.9 Å². The van der Waals surface area contributed by atoms with Crippen LogP contribution in [0, 0.1) is 0 Å². The minimum absolute atomic E-state index is 0.0534. The first-order chi connectivity index (χ1) is 16.9. The van der Waals surface area contributed by atoms with Crippen LogP contribution in [0.15, 0.2) is 53.4 Å². The molecule has 0 unspecified atom stereocenters. The highest BCUT2D eigenvalue weighted by Gasteiger charge is 2.47. The molecule has 0 radical (unpaired) electrons. The summed E-state index contributed by atoms with van der Waals surface area (Å²) in [5.41, 5.74) is 2.29. The first-order valence-electron chi connectivity index (χ1n) is 11.8. The van der Waals surface area contributed by atoms with Gasteiger partial charge in [-0.3, -0.25) is 4.79 Å². The molecule has 1 spiro atoms. The predicted octanol–water partition coefficient (Wildman–Crippen LogP) is 2.08. The molecule has 6 rings (SSSR count). The highest BCUT2D eigenvalue weighted by atomic mass is 32.2. The van der Waals surface area contributed by atoms with E-state index < -0.39 is 15.6 Å². The van der Waals surface area contributed by atoms with E-state index in [0.29, 0.717) is 44.3 Å². The number of rotatable bonds is 5. The average molecular weight is 495 g/mol. The molecule has 1 saturated carbocycles. The number of sulfonamides is 1. The Morgan fingerprint density at radius 1 is 0.943 bits per heavy atom. The molecule has 2 aliphatic heterocycles. The zero-order valence-corrected chi connectivity index (χ0v) is 19.9. The van der Waals surface area contributed by atoms with Gasteiger partial charge >= 0.3 is 0 Å². The normalized spacial score (nSPS) is 20.9. The van der Waals surface area contributed by atoms with Gasteiger partial charge in [-0.15, -0.1) is 10.2 Å². The van der Waals surface area contributed by atoms with E-state index in [4.69, 9.17) is 4.74 Å². The van der Waals surface area contributed by atoms with Crippen LogP contribution in [0.4, 0.5) is 0 Å². The van der Waals surface area contributed by atoms with Gasteiger partial charge in [0.05, 0.1) is 17.0 Å². The van der Waals surface area contributed by atoms with Gasteiger partial charge in [0.1, 0.15) is 6.61 Å². The highest BCUT2D eigenvalue weighted by molar-refractivity contribution is 7.89. The Kier molecular flexibility index (Phi) is 5.42. The number of morpholine rings is 1. The molecule has 10 nitrogen and oxygen atoms in total. The van der Waals surface area contributed by atoms with E-state index in [1.54, 1.807) is 12.1 Å². The molecule has 3 aliphatic rings. The molecule has 0 bridgehead atoms. The zero-order chi connectivity index (χ0) is 24.0. The van der Waals surface area contributed by atoms with E-state index in [9.17, 15) is 13.2 Å². The molecule has 0 atom stereocenters. The van der Waals surface area contributed by atoms with Crippen molar-refractivity contribution < 1.29 is 17.9 Å². The monoisotopic (exact) mass is 494 g/mol. The standard InChI is InChI=1S/C24H26N6O4S/c31-22-15-34-24(16-30(22)20-7-8-20)11-13-29(14-12-24)35(32,33)21-9-5-18(6-10-21)17-1-3-19(4-2-17)23-25-27-28-26-23/h1-6,9-10,20H,7-8,11-16H2,(H,25,26,27,28). The van der Waals surface area contributed by atoms with Crippen molar-refractivity contribution in [2.24, 2.45) is 0 Å². The number of carbonyl (C=O) groups is 1. The van der Waals surface area contributed by atoms with Crippen molar-refractivity contribution in [2.45, 2.75) is 42.2 Å². The summed E-state index contributed by atoms with van der Waals surface area (Å²) in [5, 5.41) is 14.0. The minimum Gasteiger partial charge on any atom is -0.363 e. The summed E-state index contributed by atoms with van der Waals surface area (Å²) in [7, 11) is -3.61. The number of carbonyl (C=O) groups excluding carboxylic acids is 1. The lowest BCUT2D eigenvalue weighted by Crippen LogP contribution is -2.59. The number of H-pyrrole nitrogens is 1. The van der Waals surface area contributed by atoms with Gasteiger partial charge < -0.3 is 9.64 Å². The summed E-state index contributed by atoms with van der Waals surface area (Å²) >= 11 is 0. The minimum atomic E-state index is -3.61. The smallest absolute Gasteiger partial charge is 0.248 e. The molecule has 1 N–H and O–H groups in total. The second-order valence-corrected chi connectivity index (χ2v) is 11.4. The largest absolute Gasteiger partial charge is 0.363 e. The van der Waals surface area contributed by atoms with Gasteiger partial charge in [0.2, 0.25) is 21.8 Å². The molecule has 1 aliphatic carbocycles. The molecule has 1 aromatic heterocycles. The number of nitrogens with one attached hydrogen (secondary N) is 1. The molecular weight excluding hydrogens is 468 g/mol. The third kappa shape index (κ3) is 4.24. The lowest BCUT2D eigenvalue weighted by Gasteiger charge is -2.46. The van der Waals surface area contributed by atoms with Gasteiger partial charge in [0, 0.05) is 24.7 Å². The van der Waals surface area contributed by atoms with Crippen LogP contribution in [0.1, 0.15) is 25.7 Å². The molecular formula is C24H26N6O4S. The molecule has 3 fully saturated rings. The second-order valence-electron chi connectivity index (χ2n) is 9.47. The van der Waals surface area contributed by atoms with Crippen LogP contribution in [0.2, 0.25) is 0 Å². The number of amides is 1. The van der Waals surface area contributed by atoms with Crippen LogP contribution >= 0.6 is 0 Å². The van der Waals surface area contributed by atoms with Crippen LogP contribution < -0.4 is 0 Å². The summed E-state index contributed by atoms with van der Waals surface area (Å²) in [6, 6.07) is 15.0. The zero-order valence-electron chi connectivity index (χ0n) is 19.1. The summed E-state index contributed by atoms with van der Waals surface area (Å²) in [6.07, 6.45) is 3.30. The second kappa shape index (κ2) is 8.51. The summed E-state index contributed by atoms with van der Waals surface area (Å²) < 4.78 is 34.1. The van der Waals surface area contributed by atoms with Gasteiger partial charge in [-0.1, -0.05) is 36.4 Å². The van der Waals surface area contributed by atoms with E-state index >= 15 is 0 Å². The molecule has 35 heavy (non-hydrogen) atoms. The summed E-state index contributed by atoms with van der Waals surface area (Å²) in [5.74, 6) is 0.574. The van der Waals surface area contributed by atoms with Crippen molar-refractivity contribution in [3.63, 3.8) is 0 Å². The maximum Gasteiger partial charge on any atom is 0.248 e. The lowest BCUT2D eigenvalue weighted by atomic mass is 9.90. The first-order valence-corrected chi connectivity index (χ1v) is 13.3. The predicted molar refractivity (Wildman–Crippen MR) is 126 cm³/mol. The van der Waals surface area contributed by atoms with Crippen LogP contribution in [0.5, 0.6) is 0 Å². The van der Waals surface area contributed by atoms with E-state index in [-0.39, 0.29) is 17.4 Å². The Morgan fingerprint density at radius 3 is 2.17 bits per heavy atom. The fourth-order valence-corrected chi connectivity index (χ4v) is 6.40. The van der Waals surface area contributed by atoms with Crippen molar-refractivity contribution in [1.82, 2.24) is 29.8 Å². The average Bonchev–Trinajstić information content (AvgIpc) is 3.59. The quantitative estimate of drug-likeness (QED) is 0.576. The van der Waals surface area contributed by atoms with Crippen LogP contribution in [-0.4, -0.2) is 82.0 Å². The maximum atomic E-state index is 13.3. The van der Waals surface area contributed by atoms with Crippen LogP contribution in [0.25, 0.3) is 22.5 Å². The van der Waals surface area contributed by atoms with Crippen LogP contribution in [-0.2, 0) is 19.6 Å². The Morgan fingerprint density at radius 2 is 1.57 bits per heavy atom. The number of aromatic nitrogens is 4. The van der Waals surface area contributed by atoms with Crippen molar-refractivity contribution in [3.8, 4) is 22.5 Å². The van der Waals surface area contributed by atoms with Gasteiger partial charge in [0.15, 0.2) is 0 Å². The molecule has 2 saturated heterocycles. The Bertz CT molecular complexity index is 1310. The third-order valence-corrected chi connectivity index (χ3v) is 9.13. The Balaban J connectivity index is 1.13. The first kappa shape index (κ1) is 22.3. The number of aromatic amines is 1.